The minimum absolute atomic E-state index is 0.0178. The van der Waals surface area contributed by atoms with E-state index in [0.29, 0.717) is 21.4 Å². The largest absolute Gasteiger partial charge is 0.290 e. The van der Waals surface area contributed by atoms with Gasteiger partial charge in [-0.15, -0.1) is 22.7 Å². The summed E-state index contributed by atoms with van der Waals surface area (Å²) in [5.41, 5.74) is 4.96. The molecule has 3 heterocycles. The summed E-state index contributed by atoms with van der Waals surface area (Å²) in [6, 6.07) is 5.97. The Morgan fingerprint density at radius 1 is 1.16 bits per heavy atom. The van der Waals surface area contributed by atoms with Gasteiger partial charge in [0.25, 0.3) is 5.56 Å². The van der Waals surface area contributed by atoms with Crippen molar-refractivity contribution in [2.45, 2.75) is 45.5 Å². The van der Waals surface area contributed by atoms with Crippen LogP contribution in [0.15, 0.2) is 33.5 Å². The molecule has 6 nitrogen and oxygen atoms in total. The van der Waals surface area contributed by atoms with Gasteiger partial charge in [-0.05, 0) is 56.5 Å². The predicted octanol–water partition coefficient (Wildman–Crippen LogP) is 5.66. The van der Waals surface area contributed by atoms with Crippen molar-refractivity contribution < 1.29 is 4.79 Å². The maximum Gasteiger partial charge on any atom is 0.262 e. The average molecular weight is 485 g/mol. The smallest absolute Gasteiger partial charge is 0.262 e. The lowest BCUT2D eigenvalue weighted by atomic mass is 10.1. The number of aromatic nitrogens is 3. The number of carbonyl (C=O) groups excluding carboxylic acids is 1. The van der Waals surface area contributed by atoms with E-state index in [2.05, 4.69) is 0 Å². The molecule has 9 heteroatoms. The Hall–Kier alpha value is -2.49. The van der Waals surface area contributed by atoms with Crippen LogP contribution in [-0.2, 0) is 17.6 Å². The predicted molar refractivity (Wildman–Crippen MR) is 135 cm³/mol. The Morgan fingerprint density at radius 3 is 2.59 bits per heavy atom. The number of thiophene rings is 1. The third-order valence-corrected chi connectivity index (χ3v) is 8.55. The van der Waals surface area contributed by atoms with Crippen LogP contribution in [0.2, 0.25) is 0 Å². The number of thiazole rings is 1. The van der Waals surface area contributed by atoms with E-state index in [1.165, 1.54) is 28.7 Å². The zero-order chi connectivity index (χ0) is 23.2. The molecule has 0 atom stereocenters. The number of carbonyl (C=O) groups is 1. The number of thioether (sulfide) groups is 1. The normalized spacial score (nSPS) is 11.3. The molecule has 1 amide bonds. The molecular weight excluding hydrogens is 460 g/mol. The van der Waals surface area contributed by atoms with Gasteiger partial charge in [0, 0.05) is 30.0 Å². The van der Waals surface area contributed by atoms with Crippen LogP contribution in [-0.4, -0.2) is 20.4 Å². The number of amides is 1. The summed E-state index contributed by atoms with van der Waals surface area (Å²) >= 11 is 4.47. The first-order valence-corrected chi connectivity index (χ1v) is 12.8. The summed E-state index contributed by atoms with van der Waals surface area (Å²) in [4.78, 5) is 38.2. The first-order valence-electron chi connectivity index (χ1n) is 10.1. The second kappa shape index (κ2) is 8.80. The van der Waals surface area contributed by atoms with Crippen LogP contribution < -0.4 is 10.5 Å². The highest BCUT2D eigenvalue weighted by Crippen LogP contribution is 2.33. The van der Waals surface area contributed by atoms with Gasteiger partial charge < -0.3 is 0 Å². The number of benzene rings is 1. The maximum absolute atomic E-state index is 12.8. The number of rotatable bonds is 5. The molecule has 0 saturated heterocycles. The van der Waals surface area contributed by atoms with Crippen LogP contribution >= 0.6 is 34.4 Å². The van der Waals surface area contributed by atoms with Gasteiger partial charge in [-0.1, -0.05) is 17.8 Å². The Morgan fingerprint density at radius 2 is 1.91 bits per heavy atom. The van der Waals surface area contributed by atoms with Gasteiger partial charge in [0.2, 0.25) is 5.91 Å². The molecule has 4 aromatic rings. The number of nitrogens with zero attached hydrogens (tertiary/aromatic N) is 4. The van der Waals surface area contributed by atoms with Crippen LogP contribution in [0, 0.1) is 27.7 Å². The summed E-state index contributed by atoms with van der Waals surface area (Å²) in [6.45, 7) is 9.61. The molecule has 0 aliphatic heterocycles. The van der Waals surface area contributed by atoms with E-state index < -0.39 is 0 Å². The third kappa shape index (κ3) is 4.12. The molecule has 0 N–H and O–H groups in total. The van der Waals surface area contributed by atoms with Gasteiger partial charge in [0.15, 0.2) is 10.3 Å². The Labute approximate surface area is 199 Å². The van der Waals surface area contributed by atoms with Gasteiger partial charge in [0.05, 0.1) is 16.8 Å². The summed E-state index contributed by atoms with van der Waals surface area (Å²) in [6.07, 6.45) is 0. The van der Waals surface area contributed by atoms with Crippen molar-refractivity contribution >= 4 is 61.4 Å². The Bertz CT molecular complexity index is 1400. The highest BCUT2D eigenvalue weighted by atomic mass is 32.2. The first kappa shape index (κ1) is 22.7. The van der Waals surface area contributed by atoms with Crippen LogP contribution in [0.3, 0.4) is 0 Å². The van der Waals surface area contributed by atoms with Crippen molar-refractivity contribution in [1.82, 2.24) is 14.5 Å². The van der Waals surface area contributed by atoms with Crippen molar-refractivity contribution in [3.05, 3.63) is 61.2 Å². The molecule has 32 heavy (non-hydrogen) atoms. The van der Waals surface area contributed by atoms with Crippen molar-refractivity contribution in [3.8, 4) is 0 Å². The SMILES string of the molecule is CC(=O)N(c1ccc(C)c(C)c1)c1nc(CSc2nc3sc(C)c(C)c3c(=O)n2C)cs1. The molecule has 1 aromatic carbocycles. The third-order valence-electron chi connectivity index (χ3n) is 5.51. The van der Waals surface area contributed by atoms with Crippen LogP contribution in [0.5, 0.6) is 0 Å². The summed E-state index contributed by atoms with van der Waals surface area (Å²) in [5, 5.41) is 3.96. The molecule has 0 spiro atoms. The molecule has 4 rings (SSSR count). The molecule has 0 radical (unpaired) electrons. The van der Waals surface area contributed by atoms with E-state index in [4.69, 9.17) is 9.97 Å². The van der Waals surface area contributed by atoms with Crippen molar-refractivity contribution in [3.63, 3.8) is 0 Å². The number of fused-ring (bicyclic) bond motifs is 1. The fourth-order valence-electron chi connectivity index (χ4n) is 3.38. The lowest BCUT2D eigenvalue weighted by Crippen LogP contribution is -2.22. The van der Waals surface area contributed by atoms with Crippen molar-refractivity contribution in [2.24, 2.45) is 7.05 Å². The molecule has 166 valence electrons. The van der Waals surface area contributed by atoms with E-state index in [1.807, 2.05) is 51.3 Å². The van der Waals surface area contributed by atoms with Crippen molar-refractivity contribution in [1.29, 1.82) is 0 Å². The number of hydrogen-bond donors (Lipinski definition) is 0. The minimum atomic E-state index is -0.0836. The van der Waals surface area contributed by atoms with Gasteiger partial charge in [0.1, 0.15) is 4.83 Å². The molecule has 0 aliphatic rings. The zero-order valence-electron chi connectivity index (χ0n) is 18.8. The van der Waals surface area contributed by atoms with Crippen LogP contribution in [0.4, 0.5) is 10.8 Å². The molecule has 0 saturated carbocycles. The average Bonchev–Trinajstić information content (AvgIpc) is 3.31. The molecule has 0 fully saturated rings. The summed E-state index contributed by atoms with van der Waals surface area (Å²) in [7, 11) is 1.76. The number of aryl methyl sites for hydroxylation is 4. The zero-order valence-corrected chi connectivity index (χ0v) is 21.3. The van der Waals surface area contributed by atoms with E-state index in [0.717, 1.165) is 32.2 Å². The highest BCUT2D eigenvalue weighted by Gasteiger charge is 2.19. The molecular formula is C23H24N4O2S3. The second-order valence-electron chi connectivity index (χ2n) is 7.76. The maximum atomic E-state index is 12.8. The van der Waals surface area contributed by atoms with E-state index in [-0.39, 0.29) is 11.5 Å². The fourth-order valence-corrected chi connectivity index (χ4v) is 6.31. The Balaban J connectivity index is 1.59. The second-order valence-corrected chi connectivity index (χ2v) is 10.7. The van der Waals surface area contributed by atoms with E-state index >= 15 is 0 Å². The molecule has 0 unspecified atom stereocenters. The molecule has 3 aromatic heterocycles. The monoisotopic (exact) mass is 484 g/mol. The number of hydrogen-bond acceptors (Lipinski definition) is 7. The van der Waals surface area contributed by atoms with Crippen LogP contribution in [0.25, 0.3) is 10.2 Å². The van der Waals surface area contributed by atoms with Gasteiger partial charge in [-0.3, -0.25) is 19.1 Å². The summed E-state index contributed by atoms with van der Waals surface area (Å²) in [5.74, 6) is 0.476. The number of anilines is 2. The minimum Gasteiger partial charge on any atom is -0.290 e. The Kier molecular flexibility index (Phi) is 6.24. The molecule has 0 aliphatic carbocycles. The first-order chi connectivity index (χ1) is 15.2. The van der Waals surface area contributed by atoms with E-state index in [1.54, 1.807) is 34.8 Å². The lowest BCUT2D eigenvalue weighted by Gasteiger charge is -2.19. The quantitative estimate of drug-likeness (QED) is 0.270. The van der Waals surface area contributed by atoms with Crippen molar-refractivity contribution in [2.75, 3.05) is 4.90 Å². The summed E-state index contributed by atoms with van der Waals surface area (Å²) < 4.78 is 1.61. The van der Waals surface area contributed by atoms with Crippen LogP contribution in [0.1, 0.15) is 34.2 Å². The topological polar surface area (TPSA) is 68.1 Å². The van der Waals surface area contributed by atoms with E-state index in [9.17, 15) is 9.59 Å². The van der Waals surface area contributed by atoms with Gasteiger partial charge in [-0.25, -0.2) is 9.97 Å². The van der Waals surface area contributed by atoms with Gasteiger partial charge in [-0.2, -0.15) is 0 Å². The van der Waals surface area contributed by atoms with Gasteiger partial charge >= 0.3 is 0 Å². The lowest BCUT2D eigenvalue weighted by molar-refractivity contribution is -0.115. The standard InChI is InChI=1S/C23H24N4O2S3/c1-12-7-8-18(9-13(12)2)27(16(5)28)23-24-17(11-31-23)10-30-22-25-20-19(21(29)26(22)6)14(3)15(4)32-20/h7-9,11H,10H2,1-6H3. The highest BCUT2D eigenvalue weighted by molar-refractivity contribution is 7.98. The fraction of sp³-hybridized carbons (Fsp3) is 0.304. The molecule has 0 bridgehead atoms.